The van der Waals surface area contributed by atoms with Crippen LogP contribution in [0.2, 0.25) is 5.02 Å². The van der Waals surface area contributed by atoms with E-state index in [0.717, 1.165) is 4.47 Å². The number of hydrogen-bond donors (Lipinski definition) is 2. The third kappa shape index (κ3) is 3.30. The molecule has 0 radical (unpaired) electrons. The van der Waals surface area contributed by atoms with Gasteiger partial charge in [0.2, 0.25) is 0 Å². The number of amides is 1. The van der Waals surface area contributed by atoms with E-state index in [1.807, 2.05) is 18.2 Å². The number of phenols is 1. The molecule has 144 valence electrons. The minimum atomic E-state index is -1.24. The summed E-state index contributed by atoms with van der Waals surface area (Å²) in [7, 11) is 0. The van der Waals surface area contributed by atoms with Crippen LogP contribution in [-0.2, 0) is 4.79 Å². The van der Waals surface area contributed by atoms with E-state index in [4.69, 9.17) is 16.7 Å². The van der Waals surface area contributed by atoms with Crippen LogP contribution in [-0.4, -0.2) is 22.1 Å². The lowest BCUT2D eigenvalue weighted by molar-refractivity contribution is -0.112. The number of anilines is 2. The summed E-state index contributed by atoms with van der Waals surface area (Å²) in [5, 5.41) is 19.7. The Morgan fingerprint density at radius 2 is 1.83 bits per heavy atom. The van der Waals surface area contributed by atoms with Crippen molar-refractivity contribution in [1.82, 2.24) is 0 Å². The molecule has 0 saturated heterocycles. The van der Waals surface area contributed by atoms with E-state index in [-0.39, 0.29) is 11.5 Å². The van der Waals surface area contributed by atoms with Crippen LogP contribution in [0.5, 0.6) is 5.75 Å². The molecule has 0 atom stereocenters. The first kappa shape index (κ1) is 19.2. The first-order valence-corrected chi connectivity index (χ1v) is 9.71. The minimum Gasteiger partial charge on any atom is -0.507 e. The Hall–Kier alpha value is -3.09. The SMILES string of the molecule is O=C(O)c1ccc(N2C(=O)/C(=C/c3c(Cl)cccc3Br)c3ccccc32)cc1O. The van der Waals surface area contributed by atoms with Gasteiger partial charge in [-0.1, -0.05) is 51.8 Å². The molecule has 0 aromatic heterocycles. The van der Waals surface area contributed by atoms with E-state index in [0.29, 0.717) is 33.1 Å². The Kier molecular flexibility index (Phi) is 4.90. The predicted octanol–water partition coefficient (Wildman–Crippen LogP) is 5.73. The number of nitrogens with zero attached hydrogens (tertiary/aromatic N) is 1. The lowest BCUT2D eigenvalue weighted by Gasteiger charge is -2.18. The summed E-state index contributed by atoms with van der Waals surface area (Å²) in [5.41, 5.74) is 2.60. The molecule has 2 N–H and O–H groups in total. The number of benzene rings is 3. The van der Waals surface area contributed by atoms with Gasteiger partial charge in [-0.3, -0.25) is 9.69 Å². The quantitative estimate of drug-likeness (QED) is 0.480. The molecule has 1 aliphatic rings. The number of halogens is 2. The molecule has 4 rings (SSSR count). The van der Waals surface area contributed by atoms with Crippen LogP contribution >= 0.6 is 27.5 Å². The zero-order valence-corrected chi connectivity index (χ0v) is 17.1. The van der Waals surface area contributed by atoms with Crippen molar-refractivity contribution < 1.29 is 19.8 Å². The van der Waals surface area contributed by atoms with Crippen LogP contribution in [0, 0.1) is 0 Å². The maximum atomic E-state index is 13.3. The molecule has 3 aromatic rings. The first-order valence-electron chi connectivity index (χ1n) is 8.54. The van der Waals surface area contributed by atoms with Crippen LogP contribution in [0.25, 0.3) is 11.6 Å². The van der Waals surface area contributed by atoms with Crippen molar-refractivity contribution in [3.8, 4) is 5.75 Å². The number of carboxylic acids is 1. The standard InChI is InChI=1S/C22H13BrClNO4/c23-17-5-3-6-18(24)16(17)11-15-13-4-1-2-7-19(13)25(21(15)27)12-8-9-14(22(28)29)20(26)10-12/h1-11,26H,(H,28,29)/b15-11+. The van der Waals surface area contributed by atoms with E-state index in [9.17, 15) is 14.7 Å². The van der Waals surface area contributed by atoms with E-state index in [1.165, 1.54) is 23.1 Å². The molecule has 0 saturated carbocycles. The molecule has 1 amide bonds. The Bertz CT molecular complexity index is 1180. The monoisotopic (exact) mass is 469 g/mol. The zero-order valence-electron chi connectivity index (χ0n) is 14.8. The van der Waals surface area contributed by atoms with Gasteiger partial charge in [-0.25, -0.2) is 4.79 Å². The summed E-state index contributed by atoms with van der Waals surface area (Å²) in [6.07, 6.45) is 1.72. The van der Waals surface area contributed by atoms with Crippen LogP contribution in [0.3, 0.4) is 0 Å². The van der Waals surface area contributed by atoms with Crippen LogP contribution in [0.15, 0.2) is 65.1 Å². The van der Waals surface area contributed by atoms with Crippen molar-refractivity contribution in [3.63, 3.8) is 0 Å². The van der Waals surface area contributed by atoms with Gasteiger partial charge in [0.1, 0.15) is 11.3 Å². The molecule has 5 nitrogen and oxygen atoms in total. The zero-order chi connectivity index (χ0) is 20.7. The number of carbonyl (C=O) groups is 2. The molecule has 3 aromatic carbocycles. The lowest BCUT2D eigenvalue weighted by atomic mass is 10.0. The number of aromatic hydroxyl groups is 1. The fourth-order valence-electron chi connectivity index (χ4n) is 3.27. The van der Waals surface area contributed by atoms with Crippen molar-refractivity contribution >= 4 is 62.4 Å². The number of fused-ring (bicyclic) bond motifs is 1. The first-order chi connectivity index (χ1) is 13.9. The maximum Gasteiger partial charge on any atom is 0.339 e. The Morgan fingerprint density at radius 1 is 1.07 bits per heavy atom. The minimum absolute atomic E-state index is 0.232. The van der Waals surface area contributed by atoms with E-state index >= 15 is 0 Å². The van der Waals surface area contributed by atoms with Crippen LogP contribution in [0.1, 0.15) is 21.5 Å². The molecule has 1 aliphatic heterocycles. The Morgan fingerprint density at radius 3 is 2.52 bits per heavy atom. The van der Waals surface area contributed by atoms with Gasteiger partial charge in [-0.15, -0.1) is 0 Å². The summed E-state index contributed by atoms with van der Waals surface area (Å²) in [6.45, 7) is 0. The number of carbonyl (C=O) groups excluding carboxylic acids is 1. The molecule has 1 heterocycles. The molecule has 29 heavy (non-hydrogen) atoms. The van der Waals surface area contributed by atoms with Crippen molar-refractivity contribution in [1.29, 1.82) is 0 Å². The summed E-state index contributed by atoms with van der Waals surface area (Å²) in [5.74, 6) is -1.96. The maximum absolute atomic E-state index is 13.3. The summed E-state index contributed by atoms with van der Waals surface area (Å²) >= 11 is 9.78. The molecule has 7 heteroatoms. The largest absolute Gasteiger partial charge is 0.507 e. The van der Waals surface area contributed by atoms with Gasteiger partial charge in [0.25, 0.3) is 5.91 Å². The highest BCUT2D eigenvalue weighted by atomic mass is 79.9. The van der Waals surface area contributed by atoms with E-state index < -0.39 is 11.7 Å². The topological polar surface area (TPSA) is 77.8 Å². The van der Waals surface area contributed by atoms with Gasteiger partial charge in [0.05, 0.1) is 16.9 Å². The van der Waals surface area contributed by atoms with Crippen molar-refractivity contribution in [2.24, 2.45) is 0 Å². The highest BCUT2D eigenvalue weighted by Crippen LogP contribution is 2.44. The predicted molar refractivity (Wildman–Crippen MR) is 116 cm³/mol. The van der Waals surface area contributed by atoms with Crippen molar-refractivity contribution in [2.75, 3.05) is 4.90 Å². The number of aromatic carboxylic acids is 1. The van der Waals surface area contributed by atoms with Gasteiger partial charge >= 0.3 is 5.97 Å². The highest BCUT2D eigenvalue weighted by molar-refractivity contribution is 9.10. The summed E-state index contributed by atoms with van der Waals surface area (Å²) in [6, 6.07) is 16.7. The Balaban J connectivity index is 1.87. The lowest BCUT2D eigenvalue weighted by Crippen LogP contribution is -2.20. The number of para-hydroxylation sites is 1. The second kappa shape index (κ2) is 7.39. The normalized spacial score (nSPS) is 14.3. The summed E-state index contributed by atoms with van der Waals surface area (Å²) in [4.78, 5) is 25.9. The van der Waals surface area contributed by atoms with E-state index in [2.05, 4.69) is 15.9 Å². The fraction of sp³-hybridized carbons (Fsp3) is 0. The number of rotatable bonds is 3. The molecule has 0 spiro atoms. The van der Waals surface area contributed by atoms with Crippen molar-refractivity contribution in [2.45, 2.75) is 0 Å². The van der Waals surface area contributed by atoms with Gasteiger partial charge in [0.15, 0.2) is 0 Å². The average molecular weight is 471 g/mol. The van der Waals surface area contributed by atoms with Gasteiger partial charge in [0, 0.05) is 26.7 Å². The van der Waals surface area contributed by atoms with Gasteiger partial charge in [-0.2, -0.15) is 0 Å². The smallest absolute Gasteiger partial charge is 0.339 e. The molecular weight excluding hydrogens is 458 g/mol. The van der Waals surface area contributed by atoms with Crippen LogP contribution < -0.4 is 4.90 Å². The van der Waals surface area contributed by atoms with Crippen molar-refractivity contribution in [3.05, 3.63) is 86.8 Å². The second-order valence-electron chi connectivity index (χ2n) is 6.36. The highest BCUT2D eigenvalue weighted by Gasteiger charge is 2.34. The third-order valence-electron chi connectivity index (χ3n) is 4.63. The van der Waals surface area contributed by atoms with Gasteiger partial charge in [-0.05, 0) is 36.4 Å². The fourth-order valence-corrected chi connectivity index (χ4v) is 4.09. The molecular formula is C22H13BrClNO4. The van der Waals surface area contributed by atoms with E-state index in [1.54, 1.807) is 30.3 Å². The molecule has 0 aliphatic carbocycles. The third-order valence-corrected chi connectivity index (χ3v) is 5.65. The molecule has 0 bridgehead atoms. The number of carboxylic acid groups (broad SMARTS) is 1. The Labute approximate surface area is 179 Å². The van der Waals surface area contributed by atoms with Gasteiger partial charge < -0.3 is 10.2 Å². The average Bonchev–Trinajstić information content (AvgIpc) is 2.96. The number of hydrogen-bond acceptors (Lipinski definition) is 3. The van der Waals surface area contributed by atoms with Crippen LogP contribution in [0.4, 0.5) is 11.4 Å². The molecule has 0 fully saturated rings. The molecule has 0 unspecified atom stereocenters. The summed E-state index contributed by atoms with van der Waals surface area (Å²) < 4.78 is 0.754. The second-order valence-corrected chi connectivity index (χ2v) is 7.62.